The minimum atomic E-state index is -4.61. The highest BCUT2D eigenvalue weighted by Crippen LogP contribution is 2.32. The molecule has 34 heavy (non-hydrogen) atoms. The van der Waals surface area contributed by atoms with Gasteiger partial charge >= 0.3 is 6.18 Å². The number of piperazine rings is 1. The number of rotatable bonds is 5. The summed E-state index contributed by atoms with van der Waals surface area (Å²) in [7, 11) is 0. The summed E-state index contributed by atoms with van der Waals surface area (Å²) < 4.78 is 39.8. The van der Waals surface area contributed by atoms with E-state index in [2.05, 4.69) is 15.5 Å². The fourth-order valence-corrected chi connectivity index (χ4v) is 3.43. The second-order valence-corrected chi connectivity index (χ2v) is 9.19. The highest BCUT2D eigenvalue weighted by molar-refractivity contribution is 5.96. The van der Waals surface area contributed by atoms with Gasteiger partial charge in [0.1, 0.15) is 0 Å². The molecule has 1 fully saturated rings. The molecule has 0 aliphatic carbocycles. The molecule has 1 aromatic heterocycles. The zero-order valence-electron chi connectivity index (χ0n) is 19.3. The van der Waals surface area contributed by atoms with Gasteiger partial charge < -0.3 is 20.2 Å². The second-order valence-electron chi connectivity index (χ2n) is 9.19. The van der Waals surface area contributed by atoms with Crippen LogP contribution in [0.2, 0.25) is 0 Å². The number of aromatic nitrogens is 2. The van der Waals surface area contributed by atoms with E-state index >= 15 is 0 Å². The molecule has 1 aliphatic rings. The summed E-state index contributed by atoms with van der Waals surface area (Å²) in [5.41, 5.74) is -1.59. The number of carbonyl (C=O) groups is 2. The van der Waals surface area contributed by atoms with Gasteiger partial charge in [0, 0.05) is 32.7 Å². The molecule has 1 aliphatic heterocycles. The van der Waals surface area contributed by atoms with Gasteiger partial charge in [0.25, 0.3) is 11.8 Å². The van der Waals surface area contributed by atoms with Crippen LogP contribution in [-0.2, 0) is 6.18 Å². The number of halogens is 3. The number of carbonyl (C=O) groups excluding carboxylic acids is 2. The number of alkyl halides is 3. The number of aliphatic hydroxyl groups excluding tert-OH is 1. The van der Waals surface area contributed by atoms with Crippen LogP contribution in [0.4, 0.5) is 19.0 Å². The van der Waals surface area contributed by atoms with Gasteiger partial charge in [0.2, 0.25) is 0 Å². The number of nitrogens with zero attached hydrogens (tertiary/aromatic N) is 4. The van der Waals surface area contributed by atoms with Crippen molar-refractivity contribution in [1.29, 1.82) is 0 Å². The van der Waals surface area contributed by atoms with Crippen molar-refractivity contribution < 1.29 is 27.9 Å². The van der Waals surface area contributed by atoms with Crippen molar-refractivity contribution in [3.05, 3.63) is 53.2 Å². The zero-order chi connectivity index (χ0) is 25.1. The third kappa shape index (κ3) is 6.02. The van der Waals surface area contributed by atoms with E-state index in [1.807, 2.05) is 25.7 Å². The van der Waals surface area contributed by atoms with Gasteiger partial charge in [-0.1, -0.05) is 32.9 Å². The van der Waals surface area contributed by atoms with Crippen molar-refractivity contribution in [1.82, 2.24) is 20.4 Å². The minimum Gasteiger partial charge on any atom is -0.391 e. The van der Waals surface area contributed by atoms with Crippen LogP contribution in [0.3, 0.4) is 0 Å². The predicted molar refractivity (Wildman–Crippen MR) is 119 cm³/mol. The maximum Gasteiger partial charge on any atom is 0.417 e. The van der Waals surface area contributed by atoms with Gasteiger partial charge in [-0.05, 0) is 29.7 Å². The lowest BCUT2D eigenvalue weighted by atomic mass is 9.89. The van der Waals surface area contributed by atoms with E-state index in [0.29, 0.717) is 18.9 Å². The SMILES string of the molecule is CC(C)(C)C(O)CNC(=O)c1ccc(N2CCN(C(=O)c3ccccc3C(F)(F)F)CC2)nn1. The average Bonchev–Trinajstić information content (AvgIpc) is 2.81. The molecule has 2 heterocycles. The Balaban J connectivity index is 1.58. The summed E-state index contributed by atoms with van der Waals surface area (Å²) in [6.45, 7) is 6.83. The standard InChI is InChI=1S/C23H28F3N5O3/c1-22(2,3)18(32)14-27-20(33)17-8-9-19(29-28-17)30-10-12-31(13-11-30)21(34)15-6-4-5-7-16(15)23(24,25)26/h4-9,18,32H,10-14H2,1-3H3,(H,27,33). The molecule has 1 unspecified atom stereocenters. The molecule has 2 N–H and O–H groups in total. The molecule has 0 spiro atoms. The van der Waals surface area contributed by atoms with E-state index in [9.17, 15) is 27.9 Å². The van der Waals surface area contributed by atoms with Crippen LogP contribution in [0.25, 0.3) is 0 Å². The summed E-state index contributed by atoms with van der Waals surface area (Å²) in [4.78, 5) is 28.2. The van der Waals surface area contributed by atoms with Crippen molar-refractivity contribution in [3.63, 3.8) is 0 Å². The number of hydrogen-bond donors (Lipinski definition) is 2. The predicted octanol–water partition coefficient (Wildman–Crippen LogP) is 2.59. The normalized spacial score (nSPS) is 15.7. The van der Waals surface area contributed by atoms with Crippen LogP contribution in [-0.4, -0.2) is 70.8 Å². The van der Waals surface area contributed by atoms with E-state index in [1.165, 1.54) is 29.2 Å². The van der Waals surface area contributed by atoms with E-state index in [1.54, 1.807) is 6.07 Å². The Morgan fingerprint density at radius 1 is 1.03 bits per heavy atom. The fraction of sp³-hybridized carbons (Fsp3) is 0.478. The Labute approximate surface area is 195 Å². The number of amides is 2. The molecule has 1 atom stereocenters. The second kappa shape index (κ2) is 9.96. The molecule has 0 radical (unpaired) electrons. The number of hydrogen-bond acceptors (Lipinski definition) is 6. The molecular weight excluding hydrogens is 451 g/mol. The highest BCUT2D eigenvalue weighted by Gasteiger charge is 2.36. The first kappa shape index (κ1) is 25.4. The van der Waals surface area contributed by atoms with Gasteiger partial charge in [-0.15, -0.1) is 10.2 Å². The lowest BCUT2D eigenvalue weighted by molar-refractivity contribution is -0.138. The molecule has 0 bridgehead atoms. The summed E-state index contributed by atoms with van der Waals surface area (Å²) >= 11 is 0. The first-order valence-electron chi connectivity index (χ1n) is 10.9. The Morgan fingerprint density at radius 2 is 1.68 bits per heavy atom. The van der Waals surface area contributed by atoms with Gasteiger partial charge in [-0.25, -0.2) is 0 Å². The number of benzene rings is 1. The van der Waals surface area contributed by atoms with Crippen molar-refractivity contribution in [3.8, 4) is 0 Å². The van der Waals surface area contributed by atoms with Crippen LogP contribution in [0.5, 0.6) is 0 Å². The van der Waals surface area contributed by atoms with Gasteiger partial charge in [0.05, 0.1) is 17.2 Å². The van der Waals surface area contributed by atoms with Gasteiger partial charge in [-0.2, -0.15) is 13.2 Å². The molecule has 8 nitrogen and oxygen atoms in total. The van der Waals surface area contributed by atoms with E-state index in [0.717, 1.165) is 6.07 Å². The average molecular weight is 480 g/mol. The van der Waals surface area contributed by atoms with Crippen LogP contribution in [0, 0.1) is 5.41 Å². The lowest BCUT2D eigenvalue weighted by Crippen LogP contribution is -2.49. The molecule has 0 saturated carbocycles. The van der Waals surface area contributed by atoms with Crippen molar-refractivity contribution in [2.24, 2.45) is 5.41 Å². The summed E-state index contributed by atoms with van der Waals surface area (Å²) in [6.07, 6.45) is -5.33. The number of nitrogens with one attached hydrogen (secondary N) is 1. The van der Waals surface area contributed by atoms with Crippen LogP contribution < -0.4 is 10.2 Å². The summed E-state index contributed by atoms with van der Waals surface area (Å²) in [5, 5.41) is 20.7. The summed E-state index contributed by atoms with van der Waals surface area (Å²) in [6, 6.07) is 7.90. The van der Waals surface area contributed by atoms with Gasteiger partial charge in [0.15, 0.2) is 11.5 Å². The van der Waals surface area contributed by atoms with Gasteiger partial charge in [-0.3, -0.25) is 9.59 Å². The van der Waals surface area contributed by atoms with E-state index < -0.39 is 29.7 Å². The molecule has 1 saturated heterocycles. The van der Waals surface area contributed by atoms with Crippen molar-refractivity contribution in [2.75, 3.05) is 37.6 Å². The lowest BCUT2D eigenvalue weighted by Gasteiger charge is -2.35. The fourth-order valence-electron chi connectivity index (χ4n) is 3.43. The van der Waals surface area contributed by atoms with Crippen molar-refractivity contribution >= 4 is 17.6 Å². The smallest absolute Gasteiger partial charge is 0.391 e. The topological polar surface area (TPSA) is 98.7 Å². The quantitative estimate of drug-likeness (QED) is 0.684. The van der Waals surface area contributed by atoms with Crippen LogP contribution in [0.15, 0.2) is 36.4 Å². The molecule has 2 aromatic rings. The van der Waals surface area contributed by atoms with Crippen LogP contribution >= 0.6 is 0 Å². The Hall–Kier alpha value is -3.21. The molecular formula is C23H28F3N5O3. The molecule has 3 rings (SSSR count). The molecule has 184 valence electrons. The van der Waals surface area contributed by atoms with E-state index in [-0.39, 0.29) is 36.3 Å². The first-order valence-corrected chi connectivity index (χ1v) is 10.9. The number of anilines is 1. The maximum absolute atomic E-state index is 13.3. The van der Waals surface area contributed by atoms with E-state index in [4.69, 9.17) is 0 Å². The highest BCUT2D eigenvalue weighted by atomic mass is 19.4. The monoisotopic (exact) mass is 479 g/mol. The Bertz CT molecular complexity index is 1010. The minimum absolute atomic E-state index is 0.0826. The molecule has 2 amide bonds. The maximum atomic E-state index is 13.3. The van der Waals surface area contributed by atoms with Crippen molar-refractivity contribution in [2.45, 2.75) is 33.1 Å². The summed E-state index contributed by atoms with van der Waals surface area (Å²) in [5.74, 6) is -0.627. The largest absolute Gasteiger partial charge is 0.417 e. The Morgan fingerprint density at radius 3 is 2.24 bits per heavy atom. The van der Waals surface area contributed by atoms with Crippen LogP contribution in [0.1, 0.15) is 47.2 Å². The third-order valence-corrected chi connectivity index (χ3v) is 5.69. The Kier molecular flexibility index (Phi) is 7.44. The first-order chi connectivity index (χ1) is 15.9. The third-order valence-electron chi connectivity index (χ3n) is 5.69. The number of aliphatic hydroxyl groups is 1. The zero-order valence-corrected chi connectivity index (χ0v) is 19.3. The molecule has 11 heteroatoms. The molecule has 1 aromatic carbocycles.